The zero-order chi connectivity index (χ0) is 16.7. The van der Waals surface area contributed by atoms with E-state index in [1.807, 2.05) is 0 Å². The second-order valence-electron chi connectivity index (χ2n) is 4.45. The van der Waals surface area contributed by atoms with Gasteiger partial charge in [-0.3, -0.25) is 14.4 Å². The van der Waals surface area contributed by atoms with Crippen molar-refractivity contribution in [2.45, 2.75) is 6.92 Å². The van der Waals surface area contributed by atoms with Crippen LogP contribution in [0.15, 0.2) is 65.8 Å². The number of Topliss-reactive ketones (excluding diaryl/α,β-unsaturated/α-hetero) is 2. The first-order chi connectivity index (χ1) is 11.1. The first kappa shape index (κ1) is 16.1. The molecule has 0 saturated heterocycles. The van der Waals surface area contributed by atoms with Gasteiger partial charge < -0.3 is 4.74 Å². The van der Waals surface area contributed by atoms with Crippen molar-refractivity contribution in [2.24, 2.45) is 5.16 Å². The van der Waals surface area contributed by atoms with E-state index < -0.39 is 23.4 Å². The molecule has 0 bridgehead atoms. The number of benzene rings is 2. The third-order valence-corrected chi connectivity index (χ3v) is 2.74. The highest BCUT2D eigenvalue weighted by molar-refractivity contribution is 6.68. The van der Waals surface area contributed by atoms with Crippen molar-refractivity contribution >= 4 is 23.4 Å². The summed E-state index contributed by atoms with van der Waals surface area (Å²) in [6, 6.07) is 16.3. The molecular weight excluding hydrogens is 298 g/mol. The molecule has 2 aromatic carbocycles. The number of rotatable bonds is 5. The van der Waals surface area contributed by atoms with Gasteiger partial charge in [0.2, 0.25) is 5.78 Å². The first-order valence-corrected chi connectivity index (χ1v) is 6.70. The normalized spacial score (nSPS) is 10.7. The first-order valence-electron chi connectivity index (χ1n) is 6.70. The van der Waals surface area contributed by atoms with Crippen molar-refractivity contribution in [3.63, 3.8) is 0 Å². The van der Waals surface area contributed by atoms with Crippen LogP contribution in [0.2, 0.25) is 0 Å². The van der Waals surface area contributed by atoms with Gasteiger partial charge in [0.25, 0.3) is 0 Å². The number of ketones is 2. The molecule has 0 unspecified atom stereocenters. The van der Waals surface area contributed by atoms with Gasteiger partial charge in [-0.15, -0.1) is 0 Å². The number of carbonyl (C=O) groups excluding carboxylic acids is 3. The minimum Gasteiger partial charge on any atom is -0.393 e. The van der Waals surface area contributed by atoms with Crippen molar-refractivity contribution in [3.05, 3.63) is 66.2 Å². The standard InChI is InChI=1S/C17H13NO5/c1-12(19)15(16(20)13-8-4-2-5-9-13)18-23-17(21)22-14-10-6-3-7-11-14/h2-11H,1H3/b18-15-. The summed E-state index contributed by atoms with van der Waals surface area (Å²) in [5.41, 5.74) is -0.220. The Labute approximate surface area is 132 Å². The Morgan fingerprint density at radius 1 is 0.870 bits per heavy atom. The van der Waals surface area contributed by atoms with E-state index in [1.54, 1.807) is 48.5 Å². The van der Waals surface area contributed by atoms with E-state index >= 15 is 0 Å². The molecule has 0 radical (unpaired) electrons. The predicted molar refractivity (Wildman–Crippen MR) is 82.4 cm³/mol. The zero-order valence-electron chi connectivity index (χ0n) is 12.3. The van der Waals surface area contributed by atoms with E-state index in [1.165, 1.54) is 12.1 Å². The second kappa shape index (κ2) is 7.65. The molecule has 0 fully saturated rings. The zero-order valence-corrected chi connectivity index (χ0v) is 12.3. The van der Waals surface area contributed by atoms with Gasteiger partial charge in [0.05, 0.1) is 0 Å². The van der Waals surface area contributed by atoms with Crippen LogP contribution in [0.1, 0.15) is 17.3 Å². The van der Waals surface area contributed by atoms with E-state index in [0.717, 1.165) is 6.92 Å². The molecule has 0 saturated carbocycles. The van der Waals surface area contributed by atoms with Crippen LogP contribution in [0.3, 0.4) is 0 Å². The molecular formula is C17H13NO5. The number of oxime groups is 1. The number of ether oxygens (including phenoxy) is 1. The van der Waals surface area contributed by atoms with Gasteiger partial charge >= 0.3 is 6.16 Å². The largest absolute Gasteiger partial charge is 0.540 e. The number of hydrogen-bond acceptors (Lipinski definition) is 6. The average Bonchev–Trinajstić information content (AvgIpc) is 2.56. The van der Waals surface area contributed by atoms with E-state index in [2.05, 4.69) is 9.99 Å². The van der Waals surface area contributed by atoms with Crippen molar-refractivity contribution in [1.29, 1.82) is 0 Å². The highest BCUT2D eigenvalue weighted by Gasteiger charge is 2.20. The summed E-state index contributed by atoms with van der Waals surface area (Å²) in [4.78, 5) is 39.7. The lowest BCUT2D eigenvalue weighted by molar-refractivity contribution is -0.111. The Morgan fingerprint density at radius 2 is 1.43 bits per heavy atom. The van der Waals surface area contributed by atoms with Crippen LogP contribution in [0.4, 0.5) is 4.79 Å². The van der Waals surface area contributed by atoms with Gasteiger partial charge in [-0.25, -0.2) is 4.79 Å². The maximum absolute atomic E-state index is 12.2. The average molecular weight is 311 g/mol. The number of carbonyl (C=O) groups is 3. The van der Waals surface area contributed by atoms with Crippen molar-refractivity contribution in [3.8, 4) is 5.75 Å². The maximum Gasteiger partial charge on any atom is 0.540 e. The molecule has 23 heavy (non-hydrogen) atoms. The highest BCUT2D eigenvalue weighted by atomic mass is 16.8. The van der Waals surface area contributed by atoms with Crippen molar-refractivity contribution in [1.82, 2.24) is 0 Å². The quantitative estimate of drug-likeness (QED) is 0.161. The molecule has 0 spiro atoms. The fourth-order valence-corrected chi connectivity index (χ4v) is 1.68. The summed E-state index contributed by atoms with van der Waals surface area (Å²) in [5, 5.41) is 3.34. The van der Waals surface area contributed by atoms with Gasteiger partial charge in [0.15, 0.2) is 11.5 Å². The van der Waals surface area contributed by atoms with Gasteiger partial charge in [-0.2, -0.15) is 0 Å². The minimum atomic E-state index is -1.14. The Morgan fingerprint density at radius 3 is 2.00 bits per heavy atom. The predicted octanol–water partition coefficient (Wildman–Crippen LogP) is 3.03. The Bertz CT molecular complexity index is 738. The summed E-state index contributed by atoms with van der Waals surface area (Å²) in [6.45, 7) is 1.16. The molecule has 2 aromatic rings. The molecule has 0 aliphatic heterocycles. The lowest BCUT2D eigenvalue weighted by atomic mass is 10.1. The lowest BCUT2D eigenvalue weighted by Crippen LogP contribution is -2.23. The molecule has 6 heteroatoms. The summed E-state index contributed by atoms with van der Waals surface area (Å²) in [6.07, 6.45) is -1.14. The van der Waals surface area contributed by atoms with Gasteiger partial charge in [0.1, 0.15) is 5.75 Å². The molecule has 0 N–H and O–H groups in total. The van der Waals surface area contributed by atoms with E-state index in [0.29, 0.717) is 0 Å². The highest BCUT2D eigenvalue weighted by Crippen LogP contribution is 2.09. The van der Waals surface area contributed by atoms with Crippen LogP contribution in [0, 0.1) is 0 Å². The Hall–Kier alpha value is -3.28. The Kier molecular flexibility index (Phi) is 5.35. The van der Waals surface area contributed by atoms with E-state index in [4.69, 9.17) is 4.74 Å². The lowest BCUT2D eigenvalue weighted by Gasteiger charge is -2.03. The van der Waals surface area contributed by atoms with Crippen molar-refractivity contribution in [2.75, 3.05) is 0 Å². The SMILES string of the molecule is CC(=O)/C(=N/OC(=O)Oc1ccccc1)C(=O)c1ccccc1. The third kappa shape index (κ3) is 4.60. The summed E-state index contributed by atoms with van der Waals surface area (Å²) >= 11 is 0. The van der Waals surface area contributed by atoms with Gasteiger partial charge in [-0.1, -0.05) is 53.7 Å². The number of para-hydroxylation sites is 1. The Balaban J connectivity index is 2.09. The molecule has 6 nitrogen and oxygen atoms in total. The monoisotopic (exact) mass is 311 g/mol. The molecule has 0 heterocycles. The fraction of sp³-hybridized carbons (Fsp3) is 0.0588. The van der Waals surface area contributed by atoms with Crippen LogP contribution < -0.4 is 4.74 Å². The molecule has 2 rings (SSSR count). The fourth-order valence-electron chi connectivity index (χ4n) is 1.68. The van der Waals surface area contributed by atoms with Crippen LogP contribution >= 0.6 is 0 Å². The molecule has 0 aromatic heterocycles. The summed E-state index contributed by atoms with van der Waals surface area (Å²) in [5.74, 6) is -0.997. The molecule has 0 atom stereocenters. The number of nitrogens with zero attached hydrogens (tertiary/aromatic N) is 1. The topological polar surface area (TPSA) is 82.0 Å². The molecule has 0 amide bonds. The summed E-state index contributed by atoms with van der Waals surface area (Å²) in [7, 11) is 0. The van der Waals surface area contributed by atoms with Crippen LogP contribution in [0.5, 0.6) is 5.75 Å². The van der Waals surface area contributed by atoms with Crippen LogP contribution in [-0.2, 0) is 9.63 Å². The van der Waals surface area contributed by atoms with Gasteiger partial charge in [-0.05, 0) is 12.1 Å². The molecule has 0 aliphatic carbocycles. The molecule has 0 aliphatic rings. The van der Waals surface area contributed by atoms with Crippen molar-refractivity contribution < 1.29 is 24.0 Å². The second-order valence-corrected chi connectivity index (χ2v) is 4.45. The minimum absolute atomic E-state index is 0.256. The van der Waals surface area contributed by atoms with E-state index in [9.17, 15) is 14.4 Å². The van der Waals surface area contributed by atoms with E-state index in [-0.39, 0.29) is 11.3 Å². The number of hydrogen-bond donors (Lipinski definition) is 0. The molecule has 116 valence electrons. The van der Waals surface area contributed by atoms with Gasteiger partial charge in [0, 0.05) is 12.5 Å². The summed E-state index contributed by atoms with van der Waals surface area (Å²) < 4.78 is 4.84. The van der Waals surface area contributed by atoms with Crippen LogP contribution in [0.25, 0.3) is 0 Å². The van der Waals surface area contributed by atoms with Crippen LogP contribution in [-0.4, -0.2) is 23.4 Å². The third-order valence-electron chi connectivity index (χ3n) is 2.74. The smallest absolute Gasteiger partial charge is 0.393 e. The maximum atomic E-state index is 12.2.